The monoisotopic (exact) mass is 336 g/mol. The second-order valence-electron chi connectivity index (χ2n) is 7.50. The molecule has 0 bridgehead atoms. The minimum Gasteiger partial charge on any atom is -0.481 e. The molecular weight excluding hydrogens is 304 g/mol. The van der Waals surface area contributed by atoms with Crippen LogP contribution in [-0.4, -0.2) is 28.1 Å². The average molecular weight is 336 g/mol. The molecule has 0 saturated heterocycles. The number of aliphatic hydroxyl groups excluding tert-OH is 1. The van der Waals surface area contributed by atoms with E-state index in [1.165, 1.54) is 18.4 Å². The number of carboxylic acid groups (broad SMARTS) is 1. The maximum Gasteiger partial charge on any atom is 0.303 e. The molecule has 0 aromatic carbocycles. The van der Waals surface area contributed by atoms with E-state index in [2.05, 4.69) is 6.08 Å². The standard InChI is InChI=1S/C20H32O4/c21-18(16-7-5-6-8-16)13-11-15-12-14-19(22)17(15)9-3-1-2-4-10-20(23)24/h12,16-18,21H,1-11,13-14H2,(H,23,24)/t17-,18?/m1/s1. The first-order valence-electron chi connectivity index (χ1n) is 9.69. The van der Waals surface area contributed by atoms with E-state index < -0.39 is 5.97 Å². The Morgan fingerprint density at radius 2 is 1.88 bits per heavy atom. The van der Waals surface area contributed by atoms with Crippen molar-refractivity contribution in [3.8, 4) is 0 Å². The topological polar surface area (TPSA) is 74.6 Å². The third-order valence-electron chi connectivity index (χ3n) is 5.71. The summed E-state index contributed by atoms with van der Waals surface area (Å²) in [6, 6.07) is 0. The van der Waals surface area contributed by atoms with Crippen LogP contribution in [-0.2, 0) is 9.59 Å². The Hall–Kier alpha value is -1.16. The third kappa shape index (κ3) is 6.04. The number of rotatable bonds is 11. The van der Waals surface area contributed by atoms with E-state index >= 15 is 0 Å². The maximum atomic E-state index is 12.1. The summed E-state index contributed by atoms with van der Waals surface area (Å²) in [6.45, 7) is 0. The van der Waals surface area contributed by atoms with Crippen LogP contribution in [0, 0.1) is 11.8 Å². The molecule has 136 valence electrons. The predicted molar refractivity (Wildman–Crippen MR) is 93.7 cm³/mol. The first-order chi connectivity index (χ1) is 11.6. The second kappa shape index (κ2) is 9.97. The number of hydrogen-bond donors (Lipinski definition) is 2. The molecule has 1 saturated carbocycles. The number of unbranched alkanes of at least 4 members (excludes halogenated alkanes) is 3. The fourth-order valence-electron chi connectivity index (χ4n) is 4.22. The first kappa shape index (κ1) is 19.2. The number of aliphatic carboxylic acids is 1. The predicted octanol–water partition coefficient (Wildman–Crippen LogP) is 4.26. The lowest BCUT2D eigenvalue weighted by Crippen LogP contribution is -2.19. The van der Waals surface area contributed by atoms with Crippen molar-refractivity contribution in [1.82, 2.24) is 0 Å². The highest BCUT2D eigenvalue weighted by Crippen LogP contribution is 2.34. The summed E-state index contributed by atoms with van der Waals surface area (Å²) in [7, 11) is 0. The number of ketones is 1. The van der Waals surface area contributed by atoms with Crippen LogP contribution < -0.4 is 0 Å². The van der Waals surface area contributed by atoms with Gasteiger partial charge in [0.1, 0.15) is 5.78 Å². The van der Waals surface area contributed by atoms with Gasteiger partial charge in [0.15, 0.2) is 0 Å². The molecule has 0 heterocycles. The summed E-state index contributed by atoms with van der Waals surface area (Å²) in [5.74, 6) is 0.119. The van der Waals surface area contributed by atoms with Gasteiger partial charge in [0.2, 0.25) is 0 Å². The molecule has 0 aromatic rings. The molecule has 0 spiro atoms. The maximum absolute atomic E-state index is 12.1. The lowest BCUT2D eigenvalue weighted by Gasteiger charge is -2.20. The lowest BCUT2D eigenvalue weighted by molar-refractivity contribution is -0.137. The van der Waals surface area contributed by atoms with Gasteiger partial charge in [-0.2, -0.15) is 0 Å². The summed E-state index contributed by atoms with van der Waals surface area (Å²) in [5.41, 5.74) is 1.24. The summed E-state index contributed by atoms with van der Waals surface area (Å²) >= 11 is 0. The summed E-state index contributed by atoms with van der Waals surface area (Å²) in [5, 5.41) is 18.9. The Bertz CT molecular complexity index is 449. The largest absolute Gasteiger partial charge is 0.481 e. The van der Waals surface area contributed by atoms with Crippen LogP contribution in [0.2, 0.25) is 0 Å². The Labute approximate surface area is 145 Å². The Morgan fingerprint density at radius 3 is 2.58 bits per heavy atom. The Kier molecular flexibility index (Phi) is 7.97. The van der Waals surface area contributed by atoms with Crippen LogP contribution in [0.4, 0.5) is 0 Å². The summed E-state index contributed by atoms with van der Waals surface area (Å²) < 4.78 is 0. The van der Waals surface area contributed by atoms with E-state index in [-0.39, 0.29) is 18.4 Å². The fraction of sp³-hybridized carbons (Fsp3) is 0.800. The zero-order chi connectivity index (χ0) is 17.4. The summed E-state index contributed by atoms with van der Waals surface area (Å²) in [6.07, 6.45) is 13.6. The first-order valence-corrected chi connectivity index (χ1v) is 9.69. The van der Waals surface area contributed by atoms with E-state index in [1.54, 1.807) is 0 Å². The van der Waals surface area contributed by atoms with E-state index in [0.29, 0.717) is 18.1 Å². The quantitative estimate of drug-likeness (QED) is 0.437. The number of carboxylic acids is 1. The van der Waals surface area contributed by atoms with Crippen LogP contribution >= 0.6 is 0 Å². The highest BCUT2D eigenvalue weighted by Gasteiger charge is 2.28. The zero-order valence-corrected chi connectivity index (χ0v) is 14.7. The molecule has 2 aliphatic carbocycles. The molecule has 4 nitrogen and oxygen atoms in total. The van der Waals surface area contributed by atoms with Crippen LogP contribution in [0.1, 0.15) is 83.5 Å². The van der Waals surface area contributed by atoms with Crippen LogP contribution in [0.3, 0.4) is 0 Å². The van der Waals surface area contributed by atoms with Gasteiger partial charge in [0.25, 0.3) is 0 Å². The van der Waals surface area contributed by atoms with Crippen LogP contribution in [0.15, 0.2) is 11.6 Å². The number of aliphatic hydroxyl groups is 1. The van der Waals surface area contributed by atoms with Crippen molar-refractivity contribution in [2.75, 3.05) is 0 Å². The average Bonchev–Trinajstić information content (AvgIpc) is 3.19. The molecule has 1 fully saturated rings. The Morgan fingerprint density at radius 1 is 1.17 bits per heavy atom. The normalized spacial score (nSPS) is 22.8. The molecule has 0 aliphatic heterocycles. The van der Waals surface area contributed by atoms with Gasteiger partial charge in [-0.05, 0) is 44.4 Å². The number of Topliss-reactive ketones (excluding diaryl/α,β-unsaturated/α-hetero) is 1. The minimum atomic E-state index is -0.730. The highest BCUT2D eigenvalue weighted by atomic mass is 16.4. The Balaban J connectivity index is 1.66. The van der Waals surface area contributed by atoms with E-state index in [0.717, 1.165) is 57.8 Å². The zero-order valence-electron chi connectivity index (χ0n) is 14.7. The van der Waals surface area contributed by atoms with Gasteiger partial charge in [0.05, 0.1) is 6.10 Å². The van der Waals surface area contributed by atoms with Crippen molar-refractivity contribution in [2.45, 2.75) is 89.6 Å². The number of hydrogen-bond acceptors (Lipinski definition) is 3. The smallest absolute Gasteiger partial charge is 0.303 e. The molecule has 2 atom stereocenters. The van der Waals surface area contributed by atoms with Gasteiger partial charge in [0, 0.05) is 18.8 Å². The van der Waals surface area contributed by atoms with E-state index in [4.69, 9.17) is 5.11 Å². The molecule has 4 heteroatoms. The molecule has 2 rings (SSSR count). The van der Waals surface area contributed by atoms with E-state index in [9.17, 15) is 14.7 Å². The van der Waals surface area contributed by atoms with Gasteiger partial charge >= 0.3 is 5.97 Å². The van der Waals surface area contributed by atoms with Crippen LogP contribution in [0.25, 0.3) is 0 Å². The van der Waals surface area contributed by atoms with Crippen molar-refractivity contribution < 1.29 is 19.8 Å². The third-order valence-corrected chi connectivity index (χ3v) is 5.71. The number of carbonyl (C=O) groups excluding carboxylic acids is 1. The van der Waals surface area contributed by atoms with Crippen LogP contribution in [0.5, 0.6) is 0 Å². The van der Waals surface area contributed by atoms with Crippen molar-refractivity contribution in [1.29, 1.82) is 0 Å². The van der Waals surface area contributed by atoms with Gasteiger partial charge in [-0.25, -0.2) is 0 Å². The van der Waals surface area contributed by atoms with E-state index in [1.807, 2.05) is 0 Å². The van der Waals surface area contributed by atoms with Crippen molar-refractivity contribution in [3.63, 3.8) is 0 Å². The molecule has 0 radical (unpaired) electrons. The molecule has 2 N–H and O–H groups in total. The van der Waals surface area contributed by atoms with Gasteiger partial charge in [-0.1, -0.05) is 43.8 Å². The molecule has 2 aliphatic rings. The molecule has 24 heavy (non-hydrogen) atoms. The minimum absolute atomic E-state index is 0.0558. The van der Waals surface area contributed by atoms with Crippen molar-refractivity contribution in [3.05, 3.63) is 11.6 Å². The highest BCUT2D eigenvalue weighted by molar-refractivity contribution is 5.88. The second-order valence-corrected chi connectivity index (χ2v) is 7.50. The molecule has 1 unspecified atom stereocenters. The molecular formula is C20H32O4. The number of carbonyl (C=O) groups is 2. The van der Waals surface area contributed by atoms with Gasteiger partial charge < -0.3 is 10.2 Å². The van der Waals surface area contributed by atoms with Crippen molar-refractivity contribution >= 4 is 11.8 Å². The van der Waals surface area contributed by atoms with Gasteiger partial charge in [-0.3, -0.25) is 9.59 Å². The van der Waals surface area contributed by atoms with Gasteiger partial charge in [-0.15, -0.1) is 0 Å². The number of allylic oxidation sites excluding steroid dienone is 2. The summed E-state index contributed by atoms with van der Waals surface area (Å²) in [4.78, 5) is 22.6. The molecule has 0 amide bonds. The van der Waals surface area contributed by atoms with Crippen molar-refractivity contribution in [2.24, 2.45) is 11.8 Å². The SMILES string of the molecule is O=C(O)CCCCCC[C@H]1C(=O)CC=C1CCC(O)C1CCCC1. The fourth-order valence-corrected chi connectivity index (χ4v) is 4.22. The molecule has 0 aromatic heterocycles. The lowest BCUT2D eigenvalue weighted by atomic mass is 9.88.